The van der Waals surface area contributed by atoms with E-state index in [-0.39, 0.29) is 0 Å². The van der Waals surface area contributed by atoms with Crippen LogP contribution in [0.3, 0.4) is 0 Å². The number of hydrogen-bond donors (Lipinski definition) is 0. The van der Waals surface area contributed by atoms with Crippen LogP contribution in [0.25, 0.3) is 79.2 Å². The van der Waals surface area contributed by atoms with E-state index in [4.69, 9.17) is 29.4 Å². The summed E-state index contributed by atoms with van der Waals surface area (Å²) in [5.74, 6) is 2.63. The molecule has 10 nitrogen and oxygen atoms in total. The standard InChI is InChI=1S/C52H34N8O2/c1-5-23-53-43(9-1)49-31-41(32-50(59-49)44-10-2-6-24-54-44)61-39-17-13-35(14-18-39)37-21-27-57-47(29-37)48-30-38(22-28-58-48)36-15-19-40(20-16-36)62-42-33-51(45-11-3-7-25-55-45)60-52(34-42)46-12-4-8-26-56-46/h1-34H. The molecule has 8 heterocycles. The Morgan fingerprint density at radius 3 is 0.855 bits per heavy atom. The quantitative estimate of drug-likeness (QED) is 0.125. The van der Waals surface area contributed by atoms with Crippen molar-refractivity contribution in [2.75, 3.05) is 0 Å². The van der Waals surface area contributed by atoms with Crippen LogP contribution in [-0.4, -0.2) is 39.9 Å². The first kappa shape index (κ1) is 37.5. The van der Waals surface area contributed by atoms with Gasteiger partial charge in [0.25, 0.3) is 0 Å². The molecular weight excluding hydrogens is 769 g/mol. The van der Waals surface area contributed by atoms with Gasteiger partial charge in [-0.25, -0.2) is 9.97 Å². The molecule has 0 fully saturated rings. The number of hydrogen-bond acceptors (Lipinski definition) is 10. The maximum absolute atomic E-state index is 6.39. The van der Waals surface area contributed by atoms with Gasteiger partial charge in [0.2, 0.25) is 0 Å². The maximum atomic E-state index is 6.39. The second-order valence-corrected chi connectivity index (χ2v) is 14.1. The zero-order chi connectivity index (χ0) is 41.5. The van der Waals surface area contributed by atoms with Crippen molar-refractivity contribution >= 4 is 0 Å². The van der Waals surface area contributed by atoms with Crippen LogP contribution in [-0.2, 0) is 0 Å². The molecule has 10 rings (SSSR count). The van der Waals surface area contributed by atoms with E-state index in [0.717, 1.165) is 56.4 Å². The first-order valence-electron chi connectivity index (χ1n) is 19.9. The highest BCUT2D eigenvalue weighted by Gasteiger charge is 2.14. The van der Waals surface area contributed by atoms with E-state index >= 15 is 0 Å². The van der Waals surface area contributed by atoms with E-state index in [1.165, 1.54) is 0 Å². The Kier molecular flexibility index (Phi) is 10.4. The van der Waals surface area contributed by atoms with Gasteiger partial charge in [0.15, 0.2) is 0 Å². The van der Waals surface area contributed by atoms with E-state index in [9.17, 15) is 0 Å². The third-order valence-electron chi connectivity index (χ3n) is 9.94. The van der Waals surface area contributed by atoms with Gasteiger partial charge in [0.1, 0.15) is 23.0 Å². The number of nitrogens with zero attached hydrogens (tertiary/aromatic N) is 8. The third-order valence-corrected chi connectivity index (χ3v) is 9.94. The molecule has 0 N–H and O–H groups in total. The first-order valence-corrected chi connectivity index (χ1v) is 19.9. The van der Waals surface area contributed by atoms with Gasteiger partial charge in [-0.2, -0.15) is 0 Å². The van der Waals surface area contributed by atoms with Crippen LogP contribution in [0.2, 0.25) is 0 Å². The molecule has 0 bridgehead atoms. The lowest BCUT2D eigenvalue weighted by molar-refractivity contribution is 0.482. The van der Waals surface area contributed by atoms with Gasteiger partial charge in [0.05, 0.1) is 56.9 Å². The van der Waals surface area contributed by atoms with Crippen molar-refractivity contribution < 1.29 is 9.47 Å². The summed E-state index contributed by atoms with van der Waals surface area (Å²) in [5.41, 5.74) is 11.3. The Morgan fingerprint density at radius 1 is 0.226 bits per heavy atom. The fourth-order valence-corrected chi connectivity index (χ4v) is 6.91. The molecule has 0 radical (unpaired) electrons. The predicted octanol–water partition coefficient (Wildman–Crippen LogP) is 12.1. The van der Waals surface area contributed by atoms with E-state index in [2.05, 4.69) is 19.9 Å². The largest absolute Gasteiger partial charge is 0.457 e. The lowest BCUT2D eigenvalue weighted by Gasteiger charge is -2.12. The molecule has 2 aromatic carbocycles. The van der Waals surface area contributed by atoms with Gasteiger partial charge in [-0.3, -0.25) is 29.9 Å². The van der Waals surface area contributed by atoms with Crippen LogP contribution < -0.4 is 9.47 Å². The van der Waals surface area contributed by atoms with Gasteiger partial charge < -0.3 is 9.47 Å². The molecule has 10 heteroatoms. The highest BCUT2D eigenvalue weighted by Crippen LogP contribution is 2.34. The van der Waals surface area contributed by atoms with Crippen LogP contribution in [0.1, 0.15) is 0 Å². The van der Waals surface area contributed by atoms with Crippen LogP contribution in [0.5, 0.6) is 23.0 Å². The number of pyridine rings is 8. The summed E-state index contributed by atoms with van der Waals surface area (Å²) in [7, 11) is 0. The Labute approximate surface area is 357 Å². The average Bonchev–Trinajstić information content (AvgIpc) is 3.35. The van der Waals surface area contributed by atoms with Crippen molar-refractivity contribution in [3.05, 3.63) is 207 Å². The van der Waals surface area contributed by atoms with Crippen molar-refractivity contribution in [1.82, 2.24) is 39.9 Å². The fourth-order valence-electron chi connectivity index (χ4n) is 6.91. The van der Waals surface area contributed by atoms with E-state index in [1.807, 2.05) is 182 Å². The molecule has 8 aromatic heterocycles. The molecule has 294 valence electrons. The molecule has 0 spiro atoms. The molecule has 0 atom stereocenters. The number of ether oxygens (including phenoxy) is 2. The molecule has 10 aromatic rings. The molecule has 0 unspecified atom stereocenters. The third kappa shape index (κ3) is 8.52. The molecule has 0 saturated carbocycles. The normalized spacial score (nSPS) is 10.9. The molecule has 62 heavy (non-hydrogen) atoms. The van der Waals surface area contributed by atoms with Crippen molar-refractivity contribution in [2.24, 2.45) is 0 Å². The number of rotatable bonds is 11. The maximum Gasteiger partial charge on any atom is 0.131 e. The Bertz CT molecular complexity index is 2770. The van der Waals surface area contributed by atoms with Gasteiger partial charge >= 0.3 is 0 Å². The molecule has 0 amide bonds. The predicted molar refractivity (Wildman–Crippen MR) is 240 cm³/mol. The van der Waals surface area contributed by atoms with Gasteiger partial charge in [0, 0.05) is 61.4 Å². The summed E-state index contributed by atoms with van der Waals surface area (Å²) in [5, 5.41) is 0. The zero-order valence-corrected chi connectivity index (χ0v) is 33.0. The van der Waals surface area contributed by atoms with Crippen molar-refractivity contribution in [1.29, 1.82) is 0 Å². The van der Waals surface area contributed by atoms with Crippen molar-refractivity contribution in [3.63, 3.8) is 0 Å². The SMILES string of the molecule is c1ccc(-c2cc(Oc3ccc(-c4ccnc(-c5cc(-c6ccc(Oc7cc(-c8ccccn8)nc(-c8ccccn8)c7)cc6)ccn5)c4)cc3)cc(-c3ccccn3)n2)nc1. The zero-order valence-electron chi connectivity index (χ0n) is 33.0. The molecule has 0 aliphatic carbocycles. The first-order chi connectivity index (χ1) is 30.7. The molecular formula is C52H34N8O2. The molecule has 0 aliphatic rings. The molecule has 0 saturated heterocycles. The van der Waals surface area contributed by atoms with Crippen LogP contribution >= 0.6 is 0 Å². The lowest BCUT2D eigenvalue weighted by atomic mass is 10.0. The second kappa shape index (κ2) is 17.2. The summed E-state index contributed by atoms with van der Waals surface area (Å²) in [6.45, 7) is 0. The number of benzene rings is 2. The fraction of sp³-hybridized carbons (Fsp3) is 0. The highest BCUT2D eigenvalue weighted by atomic mass is 16.5. The Balaban J connectivity index is 0.859. The monoisotopic (exact) mass is 802 g/mol. The summed E-state index contributed by atoms with van der Waals surface area (Å²) in [4.78, 5) is 37.1. The minimum absolute atomic E-state index is 0.632. The summed E-state index contributed by atoms with van der Waals surface area (Å²) in [6.07, 6.45) is 10.6. The van der Waals surface area contributed by atoms with Crippen LogP contribution in [0.15, 0.2) is 207 Å². The van der Waals surface area contributed by atoms with Crippen molar-refractivity contribution in [3.8, 4) is 102 Å². The summed E-state index contributed by atoms with van der Waals surface area (Å²) >= 11 is 0. The minimum atomic E-state index is 0.632. The summed E-state index contributed by atoms with van der Waals surface area (Å²) < 4.78 is 12.8. The van der Waals surface area contributed by atoms with E-state index in [1.54, 1.807) is 24.8 Å². The Hall–Kier alpha value is -8.76. The average molecular weight is 803 g/mol. The van der Waals surface area contributed by atoms with Gasteiger partial charge in [-0.15, -0.1) is 0 Å². The van der Waals surface area contributed by atoms with Crippen LogP contribution in [0.4, 0.5) is 0 Å². The molecule has 0 aliphatic heterocycles. The topological polar surface area (TPSA) is 122 Å². The summed E-state index contributed by atoms with van der Waals surface area (Å²) in [6, 6.07) is 54.6. The van der Waals surface area contributed by atoms with Gasteiger partial charge in [-0.05, 0) is 119 Å². The number of aromatic nitrogens is 8. The smallest absolute Gasteiger partial charge is 0.131 e. The van der Waals surface area contributed by atoms with Crippen molar-refractivity contribution in [2.45, 2.75) is 0 Å². The van der Waals surface area contributed by atoms with Gasteiger partial charge in [-0.1, -0.05) is 48.5 Å². The minimum Gasteiger partial charge on any atom is -0.457 e. The second-order valence-electron chi connectivity index (χ2n) is 14.1. The van der Waals surface area contributed by atoms with E-state index < -0.39 is 0 Å². The van der Waals surface area contributed by atoms with E-state index in [0.29, 0.717) is 45.8 Å². The Morgan fingerprint density at radius 2 is 0.548 bits per heavy atom. The highest BCUT2D eigenvalue weighted by molar-refractivity contribution is 5.74. The lowest BCUT2D eigenvalue weighted by Crippen LogP contribution is -1.94. The van der Waals surface area contributed by atoms with Crippen LogP contribution in [0, 0.1) is 0 Å².